The highest BCUT2D eigenvalue weighted by atomic mass is 19.1. The Kier molecular flexibility index (Phi) is 3.09. The van der Waals surface area contributed by atoms with Gasteiger partial charge in [0, 0.05) is 20.1 Å². The van der Waals surface area contributed by atoms with Gasteiger partial charge in [-0.3, -0.25) is 0 Å². The van der Waals surface area contributed by atoms with Crippen molar-refractivity contribution in [3.63, 3.8) is 0 Å². The third-order valence-electron chi connectivity index (χ3n) is 2.92. The summed E-state index contributed by atoms with van der Waals surface area (Å²) in [5.74, 6) is -0.180. The van der Waals surface area contributed by atoms with Crippen molar-refractivity contribution in [3.05, 3.63) is 24.0 Å². The molecule has 0 bridgehead atoms. The lowest BCUT2D eigenvalue weighted by atomic mass is 10.1. The standard InChI is InChI=1S/C12H17FN2/c1-14-11-9-10(13)5-6-12(11)15-7-3-2-4-8-15/h5-6,9,14H,2-4,7-8H2,1H3. The average molecular weight is 208 g/mol. The van der Waals surface area contributed by atoms with Crippen molar-refractivity contribution >= 4 is 11.4 Å². The molecule has 0 saturated carbocycles. The van der Waals surface area contributed by atoms with E-state index in [4.69, 9.17) is 0 Å². The molecular formula is C12H17FN2. The minimum absolute atomic E-state index is 0.180. The molecular weight excluding hydrogens is 191 g/mol. The lowest BCUT2D eigenvalue weighted by Crippen LogP contribution is -2.29. The first-order valence-corrected chi connectivity index (χ1v) is 5.53. The van der Waals surface area contributed by atoms with Gasteiger partial charge in [0.1, 0.15) is 5.82 Å². The molecule has 1 aliphatic heterocycles. The van der Waals surface area contributed by atoms with Gasteiger partial charge in [0.25, 0.3) is 0 Å². The number of hydrogen-bond donors (Lipinski definition) is 1. The molecule has 0 amide bonds. The molecule has 2 nitrogen and oxygen atoms in total. The molecule has 0 unspecified atom stereocenters. The maximum absolute atomic E-state index is 13.0. The maximum atomic E-state index is 13.0. The van der Waals surface area contributed by atoms with E-state index < -0.39 is 0 Å². The van der Waals surface area contributed by atoms with Crippen LogP contribution < -0.4 is 10.2 Å². The second kappa shape index (κ2) is 4.51. The van der Waals surface area contributed by atoms with Gasteiger partial charge in [0.05, 0.1) is 11.4 Å². The highest BCUT2D eigenvalue weighted by Crippen LogP contribution is 2.28. The van der Waals surface area contributed by atoms with Crippen molar-refractivity contribution < 1.29 is 4.39 Å². The van der Waals surface area contributed by atoms with Gasteiger partial charge in [0.2, 0.25) is 0 Å². The van der Waals surface area contributed by atoms with Crippen LogP contribution in [-0.4, -0.2) is 20.1 Å². The molecule has 1 fully saturated rings. The molecule has 1 aromatic carbocycles. The minimum atomic E-state index is -0.180. The molecule has 1 saturated heterocycles. The van der Waals surface area contributed by atoms with Crippen LogP contribution in [0.2, 0.25) is 0 Å². The summed E-state index contributed by atoms with van der Waals surface area (Å²) in [5.41, 5.74) is 2.01. The summed E-state index contributed by atoms with van der Waals surface area (Å²) in [4.78, 5) is 2.33. The van der Waals surface area contributed by atoms with Crippen LogP contribution in [-0.2, 0) is 0 Å². The summed E-state index contributed by atoms with van der Waals surface area (Å²) in [6.45, 7) is 2.17. The van der Waals surface area contributed by atoms with Gasteiger partial charge < -0.3 is 10.2 Å². The fourth-order valence-electron chi connectivity index (χ4n) is 2.12. The maximum Gasteiger partial charge on any atom is 0.125 e. The third kappa shape index (κ3) is 2.22. The van der Waals surface area contributed by atoms with Gasteiger partial charge in [-0.25, -0.2) is 4.39 Å². The molecule has 0 aromatic heterocycles. The zero-order chi connectivity index (χ0) is 10.7. The largest absolute Gasteiger partial charge is 0.386 e. The summed E-state index contributed by atoms with van der Waals surface area (Å²) < 4.78 is 13.0. The van der Waals surface area contributed by atoms with E-state index in [-0.39, 0.29) is 5.82 Å². The Morgan fingerprint density at radius 3 is 2.60 bits per heavy atom. The van der Waals surface area contributed by atoms with E-state index in [9.17, 15) is 4.39 Å². The molecule has 0 atom stereocenters. The first-order valence-electron chi connectivity index (χ1n) is 5.53. The van der Waals surface area contributed by atoms with Gasteiger partial charge in [0.15, 0.2) is 0 Å². The Balaban J connectivity index is 2.25. The number of benzene rings is 1. The van der Waals surface area contributed by atoms with Crippen LogP contribution in [0.25, 0.3) is 0 Å². The molecule has 0 radical (unpaired) electrons. The zero-order valence-corrected chi connectivity index (χ0v) is 9.09. The number of nitrogens with one attached hydrogen (secondary N) is 1. The van der Waals surface area contributed by atoms with Gasteiger partial charge in [-0.2, -0.15) is 0 Å². The number of rotatable bonds is 2. The Labute approximate surface area is 90.1 Å². The van der Waals surface area contributed by atoms with Crippen LogP contribution in [0.4, 0.5) is 15.8 Å². The van der Waals surface area contributed by atoms with Gasteiger partial charge >= 0.3 is 0 Å². The monoisotopic (exact) mass is 208 g/mol. The molecule has 2 rings (SSSR count). The van der Waals surface area contributed by atoms with E-state index >= 15 is 0 Å². The molecule has 1 heterocycles. The fourth-order valence-corrected chi connectivity index (χ4v) is 2.12. The number of halogens is 1. The second-order valence-electron chi connectivity index (χ2n) is 3.96. The van der Waals surface area contributed by atoms with E-state index in [2.05, 4.69) is 10.2 Å². The Bertz CT molecular complexity index is 332. The molecule has 82 valence electrons. The second-order valence-corrected chi connectivity index (χ2v) is 3.96. The highest BCUT2D eigenvalue weighted by Gasteiger charge is 2.14. The molecule has 1 aliphatic rings. The number of hydrogen-bond acceptors (Lipinski definition) is 2. The van der Waals surface area contributed by atoms with Crippen LogP contribution in [0.5, 0.6) is 0 Å². The number of nitrogens with zero attached hydrogens (tertiary/aromatic N) is 1. The zero-order valence-electron chi connectivity index (χ0n) is 9.09. The Morgan fingerprint density at radius 1 is 1.20 bits per heavy atom. The molecule has 1 N–H and O–H groups in total. The first kappa shape index (κ1) is 10.3. The lowest BCUT2D eigenvalue weighted by molar-refractivity contribution is 0.577. The summed E-state index contributed by atoms with van der Waals surface area (Å²) >= 11 is 0. The van der Waals surface area contributed by atoms with E-state index in [1.165, 1.54) is 25.3 Å². The lowest BCUT2D eigenvalue weighted by Gasteiger charge is -2.30. The fraction of sp³-hybridized carbons (Fsp3) is 0.500. The summed E-state index contributed by atoms with van der Waals surface area (Å²) in [6, 6.07) is 4.96. The van der Waals surface area contributed by atoms with Crippen molar-refractivity contribution in [3.8, 4) is 0 Å². The van der Waals surface area contributed by atoms with Crippen molar-refractivity contribution in [1.82, 2.24) is 0 Å². The number of anilines is 2. The molecule has 3 heteroatoms. The molecule has 0 spiro atoms. The van der Waals surface area contributed by atoms with Gasteiger partial charge in [-0.1, -0.05) is 0 Å². The smallest absolute Gasteiger partial charge is 0.125 e. The van der Waals surface area contributed by atoms with Gasteiger partial charge in [-0.05, 0) is 37.5 Å². The average Bonchev–Trinajstić information content (AvgIpc) is 2.30. The predicted molar refractivity (Wildman–Crippen MR) is 62.0 cm³/mol. The summed E-state index contributed by atoms with van der Waals surface area (Å²) in [6.07, 6.45) is 3.79. The van der Waals surface area contributed by atoms with E-state index in [1.807, 2.05) is 13.1 Å². The van der Waals surface area contributed by atoms with Crippen LogP contribution in [0.3, 0.4) is 0 Å². The van der Waals surface area contributed by atoms with Crippen LogP contribution in [0, 0.1) is 5.82 Å². The van der Waals surface area contributed by atoms with Crippen LogP contribution >= 0.6 is 0 Å². The van der Waals surface area contributed by atoms with E-state index in [1.54, 1.807) is 6.07 Å². The molecule has 1 aromatic rings. The Morgan fingerprint density at radius 2 is 1.93 bits per heavy atom. The first-order chi connectivity index (χ1) is 7.31. The van der Waals surface area contributed by atoms with Crippen LogP contribution in [0.15, 0.2) is 18.2 Å². The van der Waals surface area contributed by atoms with E-state index in [0.29, 0.717) is 0 Å². The predicted octanol–water partition coefficient (Wildman–Crippen LogP) is 2.86. The molecule has 15 heavy (non-hydrogen) atoms. The SMILES string of the molecule is CNc1cc(F)ccc1N1CCCCC1. The highest BCUT2D eigenvalue weighted by molar-refractivity contribution is 5.70. The minimum Gasteiger partial charge on any atom is -0.386 e. The molecule has 0 aliphatic carbocycles. The summed E-state index contributed by atoms with van der Waals surface area (Å²) in [5, 5.41) is 3.05. The summed E-state index contributed by atoms with van der Waals surface area (Å²) in [7, 11) is 1.84. The van der Waals surface area contributed by atoms with Crippen LogP contribution in [0.1, 0.15) is 19.3 Å². The van der Waals surface area contributed by atoms with Gasteiger partial charge in [-0.15, -0.1) is 0 Å². The van der Waals surface area contributed by atoms with Crippen molar-refractivity contribution in [2.24, 2.45) is 0 Å². The van der Waals surface area contributed by atoms with Crippen molar-refractivity contribution in [2.45, 2.75) is 19.3 Å². The van der Waals surface area contributed by atoms with E-state index in [0.717, 1.165) is 24.5 Å². The number of piperidine rings is 1. The van der Waals surface area contributed by atoms with Crippen molar-refractivity contribution in [1.29, 1.82) is 0 Å². The normalized spacial score (nSPS) is 16.5. The Hall–Kier alpha value is -1.25. The topological polar surface area (TPSA) is 15.3 Å². The quantitative estimate of drug-likeness (QED) is 0.804. The van der Waals surface area contributed by atoms with Crippen molar-refractivity contribution in [2.75, 3.05) is 30.4 Å². The third-order valence-corrected chi connectivity index (χ3v) is 2.92.